The molecule has 0 aliphatic carbocycles. The fourth-order valence-corrected chi connectivity index (χ4v) is 2.28. The third-order valence-corrected chi connectivity index (χ3v) is 2.98. The summed E-state index contributed by atoms with van der Waals surface area (Å²) in [6.07, 6.45) is 0.415. The maximum atomic E-state index is 9.51. The summed E-state index contributed by atoms with van der Waals surface area (Å²) < 4.78 is 0. The smallest absolute Gasteiger partial charge is 0.136 e. The van der Waals surface area contributed by atoms with Gasteiger partial charge in [-0.25, -0.2) is 0 Å². The highest BCUT2D eigenvalue weighted by molar-refractivity contribution is 4.97. The Bertz CT molecular complexity index is 158. The van der Waals surface area contributed by atoms with Crippen LogP contribution in [0.1, 0.15) is 19.3 Å². The van der Waals surface area contributed by atoms with Crippen molar-refractivity contribution >= 4 is 0 Å². The molecule has 0 aromatic carbocycles. The van der Waals surface area contributed by atoms with Crippen molar-refractivity contribution in [1.29, 1.82) is 0 Å². The lowest BCUT2D eigenvalue weighted by atomic mass is 10.0. The Morgan fingerprint density at radius 2 is 1.75 bits per heavy atom. The number of fused-ring (bicyclic) bond motifs is 1. The van der Waals surface area contributed by atoms with E-state index in [4.69, 9.17) is 0 Å². The molecule has 0 bridgehead atoms. The molecule has 12 heavy (non-hydrogen) atoms. The van der Waals surface area contributed by atoms with Crippen LogP contribution in [-0.2, 0) is 0 Å². The first-order valence-corrected chi connectivity index (χ1v) is 4.52. The van der Waals surface area contributed by atoms with Gasteiger partial charge in [-0.1, -0.05) is 6.42 Å². The fraction of sp³-hybridized carbons (Fsp3) is 1.00. The van der Waals surface area contributed by atoms with Gasteiger partial charge in [0.25, 0.3) is 0 Å². The van der Waals surface area contributed by atoms with Gasteiger partial charge in [-0.2, -0.15) is 0 Å². The zero-order valence-electron chi connectivity index (χ0n) is 6.93. The summed E-state index contributed by atoms with van der Waals surface area (Å²) in [5.74, 6) is 0. The predicted molar refractivity (Wildman–Crippen MR) is 42.4 cm³/mol. The molecule has 0 spiro atoms. The number of rotatable bonds is 0. The lowest BCUT2D eigenvalue weighted by molar-refractivity contribution is -0.0581. The van der Waals surface area contributed by atoms with Gasteiger partial charge in [-0.05, 0) is 12.8 Å². The van der Waals surface area contributed by atoms with E-state index in [1.54, 1.807) is 4.90 Å². The molecule has 2 fully saturated rings. The topological polar surface area (TPSA) is 63.9 Å². The summed E-state index contributed by atoms with van der Waals surface area (Å²) in [5.41, 5.74) is 0. The predicted octanol–water partition coefficient (Wildman–Crippen LogP) is -1.11. The Kier molecular flexibility index (Phi) is 2.08. The van der Waals surface area contributed by atoms with E-state index in [1.807, 2.05) is 0 Å². The van der Waals surface area contributed by atoms with E-state index < -0.39 is 18.4 Å². The molecule has 3 N–H and O–H groups in total. The van der Waals surface area contributed by atoms with Crippen molar-refractivity contribution < 1.29 is 15.3 Å². The minimum absolute atomic E-state index is 0.0243. The summed E-state index contributed by atoms with van der Waals surface area (Å²) in [5, 5.41) is 28.3. The van der Waals surface area contributed by atoms with Crippen LogP contribution in [0.2, 0.25) is 0 Å². The van der Waals surface area contributed by atoms with Crippen molar-refractivity contribution in [1.82, 2.24) is 4.90 Å². The molecule has 4 unspecified atom stereocenters. The van der Waals surface area contributed by atoms with Crippen LogP contribution in [0.25, 0.3) is 0 Å². The van der Waals surface area contributed by atoms with Gasteiger partial charge in [0.2, 0.25) is 0 Å². The highest BCUT2D eigenvalue weighted by Gasteiger charge is 2.47. The van der Waals surface area contributed by atoms with E-state index in [0.29, 0.717) is 0 Å². The molecule has 0 amide bonds. The fourth-order valence-electron chi connectivity index (χ4n) is 2.28. The lowest BCUT2D eigenvalue weighted by Gasteiger charge is -2.31. The van der Waals surface area contributed by atoms with Gasteiger partial charge in [-0.3, -0.25) is 4.90 Å². The average Bonchev–Trinajstić information content (AvgIpc) is 2.33. The number of hydrogen-bond donors (Lipinski definition) is 3. The first kappa shape index (κ1) is 8.44. The van der Waals surface area contributed by atoms with Crippen LogP contribution in [0.15, 0.2) is 0 Å². The maximum absolute atomic E-state index is 9.51. The number of aliphatic hydroxyl groups excluding tert-OH is 3. The van der Waals surface area contributed by atoms with Crippen molar-refractivity contribution in [3.63, 3.8) is 0 Å². The molecule has 2 heterocycles. The monoisotopic (exact) mass is 173 g/mol. The summed E-state index contributed by atoms with van der Waals surface area (Å²) in [6, 6.07) is -0.0243. The second kappa shape index (κ2) is 2.96. The Labute approximate surface area is 71.4 Å². The Balaban J connectivity index is 2.14. The molecular formula is C8H15NO3. The summed E-state index contributed by atoms with van der Waals surface area (Å²) in [4.78, 5) is 1.80. The third kappa shape index (κ3) is 1.07. The Morgan fingerprint density at radius 1 is 1.00 bits per heavy atom. The quantitative estimate of drug-likeness (QED) is 0.435. The van der Waals surface area contributed by atoms with Crippen molar-refractivity contribution in [3.8, 4) is 0 Å². The number of piperidine rings is 1. The second-order valence-corrected chi connectivity index (χ2v) is 3.70. The van der Waals surface area contributed by atoms with E-state index >= 15 is 0 Å². The first-order valence-electron chi connectivity index (χ1n) is 4.52. The minimum atomic E-state index is -0.979. The van der Waals surface area contributed by atoms with Gasteiger partial charge in [-0.15, -0.1) is 0 Å². The lowest BCUT2D eigenvalue weighted by Crippen LogP contribution is -2.42. The van der Waals surface area contributed by atoms with E-state index in [0.717, 1.165) is 25.8 Å². The molecule has 2 aliphatic heterocycles. The highest BCUT2D eigenvalue weighted by Crippen LogP contribution is 2.30. The van der Waals surface area contributed by atoms with Crippen molar-refractivity contribution in [2.75, 3.05) is 6.54 Å². The van der Waals surface area contributed by atoms with Gasteiger partial charge >= 0.3 is 0 Å². The van der Waals surface area contributed by atoms with Crippen molar-refractivity contribution in [2.24, 2.45) is 0 Å². The van der Waals surface area contributed by atoms with Gasteiger partial charge in [0.15, 0.2) is 0 Å². The van der Waals surface area contributed by atoms with E-state index in [-0.39, 0.29) is 6.04 Å². The Morgan fingerprint density at radius 3 is 2.42 bits per heavy atom. The van der Waals surface area contributed by atoms with Crippen LogP contribution in [0.4, 0.5) is 0 Å². The summed E-state index contributed by atoms with van der Waals surface area (Å²) in [6.45, 7) is 0.792. The molecule has 4 atom stereocenters. The van der Waals surface area contributed by atoms with Crippen LogP contribution < -0.4 is 0 Å². The number of nitrogens with zero attached hydrogens (tertiary/aromatic N) is 1. The van der Waals surface area contributed by atoms with Crippen LogP contribution >= 0.6 is 0 Å². The second-order valence-electron chi connectivity index (χ2n) is 3.70. The van der Waals surface area contributed by atoms with E-state index in [1.165, 1.54) is 0 Å². The SMILES string of the molecule is OC1C(O)C2CCCCN2C1O. The normalized spacial score (nSPS) is 49.2. The van der Waals surface area contributed by atoms with Crippen molar-refractivity contribution in [2.45, 2.75) is 43.7 Å². The molecular weight excluding hydrogens is 158 g/mol. The van der Waals surface area contributed by atoms with Crippen LogP contribution in [0, 0.1) is 0 Å². The molecule has 4 nitrogen and oxygen atoms in total. The highest BCUT2D eigenvalue weighted by atomic mass is 16.4. The molecule has 0 aromatic rings. The largest absolute Gasteiger partial charge is 0.389 e. The van der Waals surface area contributed by atoms with Gasteiger partial charge < -0.3 is 15.3 Å². The van der Waals surface area contributed by atoms with Gasteiger partial charge in [0, 0.05) is 12.6 Å². The molecule has 4 heteroatoms. The molecule has 2 aliphatic rings. The van der Waals surface area contributed by atoms with Crippen LogP contribution in [0.5, 0.6) is 0 Å². The molecule has 70 valence electrons. The molecule has 0 radical (unpaired) electrons. The number of aliphatic hydroxyl groups is 3. The van der Waals surface area contributed by atoms with Crippen LogP contribution in [0.3, 0.4) is 0 Å². The van der Waals surface area contributed by atoms with Gasteiger partial charge in [0.05, 0.1) is 6.10 Å². The number of hydrogen-bond acceptors (Lipinski definition) is 4. The molecule has 0 aromatic heterocycles. The summed E-state index contributed by atoms with van der Waals surface area (Å²) >= 11 is 0. The average molecular weight is 173 g/mol. The third-order valence-electron chi connectivity index (χ3n) is 2.98. The zero-order chi connectivity index (χ0) is 8.72. The zero-order valence-corrected chi connectivity index (χ0v) is 6.93. The minimum Gasteiger partial charge on any atom is -0.389 e. The van der Waals surface area contributed by atoms with Crippen molar-refractivity contribution in [3.05, 3.63) is 0 Å². The van der Waals surface area contributed by atoms with E-state index in [9.17, 15) is 15.3 Å². The Hall–Kier alpha value is -0.160. The maximum Gasteiger partial charge on any atom is 0.136 e. The molecule has 0 saturated carbocycles. The standard InChI is InChI=1S/C8H15NO3/c10-6-5-3-1-2-4-9(5)8(12)7(6)11/h5-8,10-12H,1-4H2. The van der Waals surface area contributed by atoms with E-state index in [2.05, 4.69) is 0 Å². The summed E-state index contributed by atoms with van der Waals surface area (Å²) in [7, 11) is 0. The molecule has 2 saturated heterocycles. The first-order chi connectivity index (χ1) is 5.72. The van der Waals surface area contributed by atoms with Crippen LogP contribution in [-0.4, -0.2) is 51.2 Å². The molecule has 2 rings (SSSR count). The van der Waals surface area contributed by atoms with Gasteiger partial charge in [0.1, 0.15) is 12.3 Å².